The van der Waals surface area contributed by atoms with Gasteiger partial charge >= 0.3 is 5.97 Å². The van der Waals surface area contributed by atoms with Gasteiger partial charge in [-0.05, 0) is 24.1 Å². The molecule has 0 spiro atoms. The fraction of sp³-hybridized carbons (Fsp3) is 0.385. The van der Waals surface area contributed by atoms with Crippen molar-refractivity contribution in [1.82, 2.24) is 5.32 Å². The minimum absolute atomic E-state index is 0.0553. The summed E-state index contributed by atoms with van der Waals surface area (Å²) in [7, 11) is 0. The molecule has 110 valence electrons. The Bertz CT molecular complexity index is 493. The number of aliphatic hydroxyl groups excluding tert-OH is 1. The van der Waals surface area contributed by atoms with Gasteiger partial charge in [-0.25, -0.2) is 13.6 Å². The molecule has 0 bridgehead atoms. The number of carbonyl (C=O) groups excluding carboxylic acids is 1. The van der Waals surface area contributed by atoms with Crippen molar-refractivity contribution in [3.63, 3.8) is 0 Å². The zero-order valence-corrected chi connectivity index (χ0v) is 10.6. The van der Waals surface area contributed by atoms with Crippen LogP contribution in [0.15, 0.2) is 18.2 Å². The molecule has 1 aromatic rings. The van der Waals surface area contributed by atoms with Crippen molar-refractivity contribution in [2.45, 2.75) is 25.3 Å². The van der Waals surface area contributed by atoms with Gasteiger partial charge in [-0.15, -0.1) is 0 Å². The number of amides is 1. The van der Waals surface area contributed by atoms with Gasteiger partial charge in [0.15, 0.2) is 11.6 Å². The first-order valence-electron chi connectivity index (χ1n) is 6.01. The first kappa shape index (κ1) is 16.0. The molecule has 1 aromatic carbocycles. The fourth-order valence-electron chi connectivity index (χ4n) is 1.61. The highest BCUT2D eigenvalue weighted by Crippen LogP contribution is 2.10. The predicted molar refractivity (Wildman–Crippen MR) is 65.9 cm³/mol. The number of aryl methyl sites for hydroxylation is 1. The largest absolute Gasteiger partial charge is 0.480 e. The number of aliphatic carboxylic acids is 1. The normalized spacial score (nSPS) is 11.9. The van der Waals surface area contributed by atoms with Gasteiger partial charge in [-0.2, -0.15) is 0 Å². The number of carboxylic acid groups (broad SMARTS) is 1. The van der Waals surface area contributed by atoms with Crippen LogP contribution in [0.4, 0.5) is 8.78 Å². The van der Waals surface area contributed by atoms with Gasteiger partial charge in [0.1, 0.15) is 6.04 Å². The smallest absolute Gasteiger partial charge is 0.326 e. The van der Waals surface area contributed by atoms with Crippen LogP contribution in [0.3, 0.4) is 0 Å². The Morgan fingerprint density at radius 3 is 2.50 bits per heavy atom. The van der Waals surface area contributed by atoms with Crippen LogP contribution in [0.25, 0.3) is 0 Å². The van der Waals surface area contributed by atoms with Crippen molar-refractivity contribution >= 4 is 11.9 Å². The number of halogens is 2. The second kappa shape index (κ2) is 7.54. The Kier molecular flexibility index (Phi) is 6.05. The molecule has 0 fully saturated rings. The number of hydrogen-bond acceptors (Lipinski definition) is 3. The minimum Gasteiger partial charge on any atom is -0.480 e. The SMILES string of the molecule is O=C(CCc1ccc(F)c(F)c1)N[C@H](CCO)C(=O)O. The van der Waals surface area contributed by atoms with Gasteiger partial charge < -0.3 is 15.5 Å². The van der Waals surface area contributed by atoms with Crippen LogP contribution >= 0.6 is 0 Å². The Balaban J connectivity index is 2.50. The molecule has 5 nitrogen and oxygen atoms in total. The number of aliphatic hydroxyl groups is 1. The average molecular weight is 287 g/mol. The number of carbonyl (C=O) groups is 2. The Morgan fingerprint density at radius 2 is 1.95 bits per heavy atom. The van der Waals surface area contributed by atoms with Gasteiger partial charge in [0.2, 0.25) is 5.91 Å². The molecule has 1 atom stereocenters. The van der Waals surface area contributed by atoms with Gasteiger partial charge in [0.05, 0.1) is 0 Å². The number of benzene rings is 1. The highest BCUT2D eigenvalue weighted by atomic mass is 19.2. The van der Waals surface area contributed by atoms with Gasteiger partial charge in [0.25, 0.3) is 0 Å². The van der Waals surface area contributed by atoms with Crippen LogP contribution < -0.4 is 5.32 Å². The van der Waals surface area contributed by atoms with Crippen molar-refractivity contribution in [1.29, 1.82) is 0 Å². The molecule has 20 heavy (non-hydrogen) atoms. The van der Waals surface area contributed by atoms with E-state index in [9.17, 15) is 18.4 Å². The summed E-state index contributed by atoms with van der Waals surface area (Å²) in [5, 5.41) is 19.7. The summed E-state index contributed by atoms with van der Waals surface area (Å²) < 4.78 is 25.6. The van der Waals surface area contributed by atoms with E-state index in [1.807, 2.05) is 0 Å². The van der Waals surface area contributed by atoms with E-state index in [1.165, 1.54) is 6.07 Å². The van der Waals surface area contributed by atoms with Gasteiger partial charge in [-0.3, -0.25) is 4.79 Å². The summed E-state index contributed by atoms with van der Waals surface area (Å²) in [5.74, 6) is -3.73. The van der Waals surface area contributed by atoms with E-state index in [1.54, 1.807) is 0 Å². The van der Waals surface area contributed by atoms with Gasteiger partial charge in [0, 0.05) is 19.4 Å². The van der Waals surface area contributed by atoms with Crippen molar-refractivity contribution in [3.8, 4) is 0 Å². The standard InChI is InChI=1S/C13H15F2NO4/c14-9-3-1-8(7-10(9)15)2-4-12(18)16-11(5-6-17)13(19)20/h1,3,7,11,17H,2,4-6H2,(H,16,18)(H,19,20)/t11-/m1/s1. The van der Waals surface area contributed by atoms with Crippen LogP contribution in [-0.4, -0.2) is 34.7 Å². The zero-order chi connectivity index (χ0) is 15.1. The first-order chi connectivity index (χ1) is 9.43. The fourth-order valence-corrected chi connectivity index (χ4v) is 1.61. The third kappa shape index (κ3) is 4.93. The van der Waals surface area contributed by atoms with Crippen molar-refractivity contribution in [2.75, 3.05) is 6.61 Å². The molecule has 0 aliphatic heterocycles. The van der Waals surface area contributed by atoms with E-state index in [0.717, 1.165) is 12.1 Å². The molecule has 0 saturated carbocycles. The lowest BCUT2D eigenvalue weighted by Crippen LogP contribution is -2.41. The van der Waals surface area contributed by atoms with Crippen LogP contribution in [0.5, 0.6) is 0 Å². The van der Waals surface area contributed by atoms with Crippen molar-refractivity contribution < 1.29 is 28.6 Å². The zero-order valence-electron chi connectivity index (χ0n) is 10.6. The summed E-state index contributed by atoms with van der Waals surface area (Å²) in [6.07, 6.45) is 0.0149. The molecule has 3 N–H and O–H groups in total. The van der Waals surface area contributed by atoms with Crippen LogP contribution in [-0.2, 0) is 16.0 Å². The first-order valence-corrected chi connectivity index (χ1v) is 6.01. The summed E-state index contributed by atoms with van der Waals surface area (Å²) in [6.45, 7) is -0.361. The summed E-state index contributed by atoms with van der Waals surface area (Å²) in [4.78, 5) is 22.3. The second-order valence-corrected chi connectivity index (χ2v) is 4.22. The highest BCUT2D eigenvalue weighted by Gasteiger charge is 2.18. The molecule has 1 rings (SSSR count). The Labute approximate surface area is 114 Å². The van der Waals surface area contributed by atoms with Crippen LogP contribution in [0.1, 0.15) is 18.4 Å². The average Bonchev–Trinajstić information content (AvgIpc) is 2.39. The molecule has 0 aliphatic carbocycles. The quantitative estimate of drug-likeness (QED) is 0.694. The number of hydrogen-bond donors (Lipinski definition) is 3. The molecule has 0 unspecified atom stereocenters. The monoisotopic (exact) mass is 287 g/mol. The molecule has 0 aliphatic rings. The Morgan fingerprint density at radius 1 is 1.25 bits per heavy atom. The molecular formula is C13H15F2NO4. The molecule has 0 heterocycles. The van der Waals surface area contributed by atoms with E-state index >= 15 is 0 Å². The summed E-state index contributed by atoms with van der Waals surface area (Å²) in [6, 6.07) is 2.16. The molecule has 7 heteroatoms. The van der Waals surface area contributed by atoms with E-state index in [0.29, 0.717) is 5.56 Å². The third-order valence-electron chi connectivity index (χ3n) is 2.68. The number of carboxylic acids is 1. The van der Waals surface area contributed by atoms with E-state index in [-0.39, 0.29) is 25.9 Å². The van der Waals surface area contributed by atoms with E-state index in [2.05, 4.69) is 5.32 Å². The Hall–Kier alpha value is -2.02. The van der Waals surface area contributed by atoms with E-state index < -0.39 is 29.6 Å². The topological polar surface area (TPSA) is 86.6 Å². The lowest BCUT2D eigenvalue weighted by Gasteiger charge is -2.13. The lowest BCUT2D eigenvalue weighted by atomic mass is 10.1. The number of nitrogens with one attached hydrogen (secondary N) is 1. The molecular weight excluding hydrogens is 272 g/mol. The maximum absolute atomic E-state index is 12.9. The van der Waals surface area contributed by atoms with Crippen molar-refractivity contribution in [3.05, 3.63) is 35.4 Å². The highest BCUT2D eigenvalue weighted by molar-refractivity contribution is 5.83. The molecule has 1 amide bonds. The third-order valence-corrected chi connectivity index (χ3v) is 2.68. The van der Waals surface area contributed by atoms with Crippen molar-refractivity contribution in [2.24, 2.45) is 0 Å². The second-order valence-electron chi connectivity index (χ2n) is 4.22. The summed E-state index contributed by atoms with van der Waals surface area (Å²) >= 11 is 0. The van der Waals surface area contributed by atoms with Crippen LogP contribution in [0.2, 0.25) is 0 Å². The predicted octanol–water partition coefficient (Wildman–Crippen LogP) is 0.849. The molecule has 0 radical (unpaired) electrons. The van der Waals surface area contributed by atoms with Gasteiger partial charge in [-0.1, -0.05) is 6.07 Å². The minimum atomic E-state index is -1.24. The van der Waals surface area contributed by atoms with E-state index in [4.69, 9.17) is 10.2 Å². The molecule has 0 saturated heterocycles. The van der Waals surface area contributed by atoms with Crippen LogP contribution in [0, 0.1) is 11.6 Å². The summed E-state index contributed by atoms with van der Waals surface area (Å²) in [5.41, 5.74) is 0.438. The number of rotatable bonds is 7. The lowest BCUT2D eigenvalue weighted by molar-refractivity contribution is -0.142. The molecule has 0 aromatic heterocycles. The maximum Gasteiger partial charge on any atom is 0.326 e. The maximum atomic E-state index is 12.9.